The molecule has 0 unspecified atom stereocenters. The van der Waals surface area contributed by atoms with Crippen molar-refractivity contribution in [3.8, 4) is 0 Å². The van der Waals surface area contributed by atoms with Crippen LogP contribution in [0.25, 0.3) is 0 Å². The van der Waals surface area contributed by atoms with Crippen LogP contribution in [0.5, 0.6) is 0 Å². The van der Waals surface area contributed by atoms with Crippen molar-refractivity contribution >= 4 is 0 Å². The van der Waals surface area contributed by atoms with E-state index in [-0.39, 0.29) is 11.9 Å². The highest BCUT2D eigenvalue weighted by atomic mass is 16.7. The molecule has 0 saturated carbocycles. The quantitative estimate of drug-likeness (QED) is 0.674. The Morgan fingerprint density at radius 2 is 2.08 bits per heavy atom. The van der Waals surface area contributed by atoms with Gasteiger partial charge in [0.25, 0.3) is 0 Å². The lowest BCUT2D eigenvalue weighted by molar-refractivity contribution is -0.270. The van der Waals surface area contributed by atoms with Gasteiger partial charge in [-0.25, -0.2) is 0 Å². The van der Waals surface area contributed by atoms with Crippen molar-refractivity contribution in [1.29, 1.82) is 0 Å². The summed E-state index contributed by atoms with van der Waals surface area (Å²) in [5.74, 6) is 0. The van der Waals surface area contributed by atoms with Gasteiger partial charge in [-0.3, -0.25) is 0 Å². The van der Waals surface area contributed by atoms with Crippen LogP contribution in [-0.2, 0) is 9.47 Å². The fourth-order valence-electron chi connectivity index (χ4n) is 1.93. The smallest absolute Gasteiger partial charge is 0.158 e. The molecule has 0 spiro atoms. The lowest BCUT2D eigenvalue weighted by atomic mass is 9.99. The van der Waals surface area contributed by atoms with Crippen LogP contribution in [-0.4, -0.2) is 18.0 Å². The molecule has 0 bridgehead atoms. The highest BCUT2D eigenvalue weighted by molar-refractivity contribution is 4.77. The van der Waals surface area contributed by atoms with Gasteiger partial charge in [0.15, 0.2) is 6.29 Å². The first kappa shape index (κ1) is 11.0. The zero-order valence-electron chi connectivity index (χ0n) is 9.30. The van der Waals surface area contributed by atoms with Crippen molar-refractivity contribution in [2.24, 2.45) is 0 Å². The Bertz CT molecular complexity index is 154. The third-order valence-corrected chi connectivity index (χ3v) is 2.41. The molecule has 0 radical (unpaired) electrons. The zero-order valence-corrected chi connectivity index (χ0v) is 9.30. The minimum absolute atomic E-state index is 0.00389. The molecule has 0 amide bonds. The van der Waals surface area contributed by atoms with E-state index in [0.29, 0.717) is 6.10 Å². The first-order valence-electron chi connectivity index (χ1n) is 5.37. The molecule has 1 aliphatic heterocycles. The van der Waals surface area contributed by atoms with Crippen molar-refractivity contribution in [1.82, 2.24) is 0 Å². The second-order valence-corrected chi connectivity index (χ2v) is 4.60. The minimum Gasteiger partial charge on any atom is -0.350 e. The molecule has 1 aliphatic rings. The summed E-state index contributed by atoms with van der Waals surface area (Å²) in [6.07, 6.45) is 4.79. The number of unbranched alkanes of at least 4 members (excludes halogenated alkanes) is 1. The number of hydrogen-bond acceptors (Lipinski definition) is 2. The summed E-state index contributed by atoms with van der Waals surface area (Å²) < 4.78 is 11.5. The molecule has 2 atom stereocenters. The fourth-order valence-corrected chi connectivity index (χ4v) is 1.93. The summed E-state index contributed by atoms with van der Waals surface area (Å²) >= 11 is 0. The van der Waals surface area contributed by atoms with Crippen LogP contribution in [0.3, 0.4) is 0 Å². The topological polar surface area (TPSA) is 18.5 Å². The van der Waals surface area contributed by atoms with Gasteiger partial charge in [-0.1, -0.05) is 13.3 Å². The Morgan fingerprint density at radius 1 is 1.38 bits per heavy atom. The summed E-state index contributed by atoms with van der Waals surface area (Å²) in [5, 5.41) is 0. The van der Waals surface area contributed by atoms with E-state index in [9.17, 15) is 0 Å². The van der Waals surface area contributed by atoms with Crippen LogP contribution in [0.2, 0.25) is 0 Å². The molecule has 13 heavy (non-hydrogen) atoms. The van der Waals surface area contributed by atoms with Gasteiger partial charge in [0, 0.05) is 6.42 Å². The molecular formula is C11H22O2. The van der Waals surface area contributed by atoms with Crippen molar-refractivity contribution in [3.63, 3.8) is 0 Å². The molecule has 0 aromatic heterocycles. The molecule has 0 aromatic carbocycles. The van der Waals surface area contributed by atoms with Gasteiger partial charge in [-0.05, 0) is 33.6 Å². The van der Waals surface area contributed by atoms with Crippen molar-refractivity contribution in [2.75, 3.05) is 0 Å². The summed E-state index contributed by atoms with van der Waals surface area (Å²) in [7, 11) is 0. The van der Waals surface area contributed by atoms with E-state index >= 15 is 0 Å². The molecular weight excluding hydrogens is 164 g/mol. The predicted octanol–water partition coefficient (Wildman–Crippen LogP) is 3.11. The van der Waals surface area contributed by atoms with E-state index in [0.717, 1.165) is 12.8 Å². The van der Waals surface area contributed by atoms with Crippen LogP contribution in [0.15, 0.2) is 0 Å². The van der Waals surface area contributed by atoms with E-state index in [4.69, 9.17) is 9.47 Å². The maximum atomic E-state index is 5.82. The van der Waals surface area contributed by atoms with E-state index in [1.807, 2.05) is 0 Å². The van der Waals surface area contributed by atoms with Crippen LogP contribution >= 0.6 is 0 Å². The fraction of sp³-hybridized carbons (Fsp3) is 1.00. The maximum absolute atomic E-state index is 5.82. The average molecular weight is 186 g/mol. The molecule has 2 heteroatoms. The summed E-state index contributed by atoms with van der Waals surface area (Å²) in [4.78, 5) is 0. The normalized spacial score (nSPS) is 33.2. The standard InChI is InChI=1S/C11H22O2/c1-5-6-7-10-12-9(2)8-11(3,4)13-10/h9-10H,5-8H2,1-4H3/t9-,10-/m0/s1. The van der Waals surface area contributed by atoms with Gasteiger partial charge in [-0.15, -0.1) is 0 Å². The third-order valence-electron chi connectivity index (χ3n) is 2.41. The van der Waals surface area contributed by atoms with E-state index in [1.54, 1.807) is 0 Å². The van der Waals surface area contributed by atoms with E-state index in [1.165, 1.54) is 12.8 Å². The van der Waals surface area contributed by atoms with Gasteiger partial charge in [-0.2, -0.15) is 0 Å². The molecule has 1 saturated heterocycles. The van der Waals surface area contributed by atoms with Crippen LogP contribution in [0, 0.1) is 0 Å². The first-order valence-corrected chi connectivity index (χ1v) is 5.37. The Balaban J connectivity index is 2.38. The number of ether oxygens (including phenoxy) is 2. The van der Waals surface area contributed by atoms with Crippen molar-refractivity contribution in [3.05, 3.63) is 0 Å². The Hall–Kier alpha value is -0.0800. The molecule has 0 aromatic rings. The van der Waals surface area contributed by atoms with Gasteiger partial charge in [0.2, 0.25) is 0 Å². The molecule has 0 aliphatic carbocycles. The van der Waals surface area contributed by atoms with Crippen molar-refractivity contribution < 1.29 is 9.47 Å². The largest absolute Gasteiger partial charge is 0.350 e. The lowest BCUT2D eigenvalue weighted by Gasteiger charge is -2.39. The summed E-state index contributed by atoms with van der Waals surface area (Å²) in [6, 6.07) is 0. The molecule has 2 nitrogen and oxygen atoms in total. The monoisotopic (exact) mass is 186 g/mol. The van der Waals surface area contributed by atoms with Gasteiger partial charge < -0.3 is 9.47 Å². The van der Waals surface area contributed by atoms with Crippen LogP contribution in [0.4, 0.5) is 0 Å². The predicted molar refractivity (Wildman–Crippen MR) is 53.6 cm³/mol. The minimum atomic E-state index is -0.00389. The Labute approximate surface area is 81.6 Å². The lowest BCUT2D eigenvalue weighted by Crippen LogP contribution is -2.42. The number of hydrogen-bond donors (Lipinski definition) is 0. The maximum Gasteiger partial charge on any atom is 0.158 e. The zero-order chi connectivity index (χ0) is 9.90. The molecule has 0 N–H and O–H groups in total. The molecule has 1 rings (SSSR count). The summed E-state index contributed by atoms with van der Waals surface area (Å²) in [5.41, 5.74) is -0.00389. The highest BCUT2D eigenvalue weighted by Gasteiger charge is 2.32. The molecule has 1 fully saturated rings. The average Bonchev–Trinajstić information content (AvgIpc) is 1.97. The van der Waals surface area contributed by atoms with Gasteiger partial charge in [0.05, 0.1) is 11.7 Å². The highest BCUT2D eigenvalue weighted by Crippen LogP contribution is 2.29. The second kappa shape index (κ2) is 4.43. The Kier molecular flexibility index (Phi) is 3.74. The second-order valence-electron chi connectivity index (χ2n) is 4.60. The number of rotatable bonds is 3. The molecule has 1 heterocycles. The van der Waals surface area contributed by atoms with Crippen molar-refractivity contribution in [2.45, 2.75) is 71.4 Å². The van der Waals surface area contributed by atoms with Gasteiger partial charge >= 0.3 is 0 Å². The van der Waals surface area contributed by atoms with E-state index < -0.39 is 0 Å². The SMILES string of the molecule is CCCC[C@H]1O[C@@H](C)CC(C)(C)O1. The van der Waals surface area contributed by atoms with Gasteiger partial charge in [0.1, 0.15) is 0 Å². The Morgan fingerprint density at radius 3 is 2.62 bits per heavy atom. The van der Waals surface area contributed by atoms with Crippen LogP contribution in [0.1, 0.15) is 53.4 Å². The first-order chi connectivity index (χ1) is 6.03. The van der Waals surface area contributed by atoms with Crippen LogP contribution < -0.4 is 0 Å². The third kappa shape index (κ3) is 3.65. The molecule has 78 valence electrons. The summed E-state index contributed by atoms with van der Waals surface area (Å²) in [6.45, 7) is 8.61. The van der Waals surface area contributed by atoms with E-state index in [2.05, 4.69) is 27.7 Å².